The maximum absolute atomic E-state index is 12.5. The van der Waals surface area contributed by atoms with Gasteiger partial charge in [-0.15, -0.1) is 4.40 Å². The second-order valence-electron chi connectivity index (χ2n) is 6.02. The quantitative estimate of drug-likeness (QED) is 0.844. The van der Waals surface area contributed by atoms with Crippen molar-refractivity contribution >= 4 is 27.4 Å². The number of rotatable bonds is 4. The van der Waals surface area contributed by atoms with Gasteiger partial charge >= 0.3 is 0 Å². The van der Waals surface area contributed by atoms with Crippen LogP contribution in [0.15, 0.2) is 58.9 Å². The van der Waals surface area contributed by atoms with Crippen LogP contribution in [0.25, 0.3) is 5.65 Å². The third-order valence-electron chi connectivity index (χ3n) is 4.18. The van der Waals surface area contributed by atoms with Crippen LogP contribution in [0.2, 0.25) is 0 Å². The van der Waals surface area contributed by atoms with E-state index in [1.807, 2.05) is 35.0 Å². The number of carbonyl (C=O) groups is 1. The van der Waals surface area contributed by atoms with Crippen molar-refractivity contribution in [3.8, 4) is 0 Å². The Morgan fingerprint density at radius 1 is 1.31 bits per heavy atom. The van der Waals surface area contributed by atoms with Crippen molar-refractivity contribution in [1.29, 1.82) is 0 Å². The molecule has 0 bridgehead atoms. The summed E-state index contributed by atoms with van der Waals surface area (Å²) in [5.41, 5.74) is 1.98. The number of amides is 1. The van der Waals surface area contributed by atoms with Gasteiger partial charge in [-0.1, -0.05) is 6.07 Å². The molecule has 4 rings (SSSR count). The van der Waals surface area contributed by atoms with E-state index in [-0.39, 0.29) is 23.1 Å². The van der Waals surface area contributed by atoms with Crippen LogP contribution in [-0.2, 0) is 21.2 Å². The lowest BCUT2D eigenvalue weighted by molar-refractivity contribution is -0.117. The van der Waals surface area contributed by atoms with Crippen LogP contribution in [0.3, 0.4) is 0 Å². The molecule has 0 aliphatic carbocycles. The van der Waals surface area contributed by atoms with Crippen LogP contribution in [0, 0.1) is 0 Å². The van der Waals surface area contributed by atoms with E-state index in [1.165, 1.54) is 0 Å². The Hall–Kier alpha value is -2.94. The number of sulfonamides is 1. The van der Waals surface area contributed by atoms with Crippen LogP contribution in [0.5, 0.6) is 0 Å². The summed E-state index contributed by atoms with van der Waals surface area (Å²) in [6, 6.07) is 5.76. The van der Waals surface area contributed by atoms with E-state index in [4.69, 9.17) is 0 Å². The fraction of sp³-hybridized carbons (Fsp3) is 0.235. The van der Waals surface area contributed by atoms with Crippen LogP contribution in [0.4, 0.5) is 0 Å². The van der Waals surface area contributed by atoms with Gasteiger partial charge in [0.05, 0.1) is 17.0 Å². The SMILES string of the molecule is O=C(NCCc1cn2ccccc2n1)C1=CC=CN2CCS(=O)(=O)N=C12. The number of pyridine rings is 1. The van der Waals surface area contributed by atoms with Crippen molar-refractivity contribution < 1.29 is 13.2 Å². The van der Waals surface area contributed by atoms with E-state index in [0.717, 1.165) is 11.3 Å². The maximum atomic E-state index is 12.5. The highest BCUT2D eigenvalue weighted by Crippen LogP contribution is 2.17. The van der Waals surface area contributed by atoms with Crippen molar-refractivity contribution in [3.63, 3.8) is 0 Å². The van der Waals surface area contributed by atoms with Crippen LogP contribution < -0.4 is 5.32 Å². The standard InChI is InChI=1S/C17H17N5O3S/c23-17(14-4-3-9-21-10-11-26(24,25)20-16(14)21)18-7-6-13-12-22-8-2-1-5-15(22)19-13/h1-5,8-9,12H,6-7,10-11H2,(H,18,23). The summed E-state index contributed by atoms with van der Waals surface area (Å²) in [6.45, 7) is 0.688. The maximum Gasteiger partial charge on any atom is 0.256 e. The summed E-state index contributed by atoms with van der Waals surface area (Å²) < 4.78 is 29.2. The molecule has 0 atom stereocenters. The smallest absolute Gasteiger partial charge is 0.256 e. The first kappa shape index (κ1) is 16.5. The summed E-state index contributed by atoms with van der Waals surface area (Å²) in [7, 11) is -3.52. The molecule has 9 heteroatoms. The normalized spacial score (nSPS) is 18.2. The topological polar surface area (TPSA) is 96.1 Å². The molecule has 2 aliphatic heterocycles. The number of nitrogens with zero attached hydrogens (tertiary/aromatic N) is 4. The summed E-state index contributed by atoms with van der Waals surface area (Å²) >= 11 is 0. The molecule has 0 aromatic carbocycles. The molecule has 0 radical (unpaired) electrons. The van der Waals surface area contributed by atoms with Crippen molar-refractivity contribution in [2.45, 2.75) is 6.42 Å². The van der Waals surface area contributed by atoms with E-state index in [1.54, 1.807) is 23.3 Å². The molecule has 0 saturated heterocycles. The minimum atomic E-state index is -3.52. The molecule has 2 aromatic rings. The second kappa shape index (κ2) is 6.41. The summed E-state index contributed by atoms with van der Waals surface area (Å²) in [5.74, 6) is -0.216. The highest BCUT2D eigenvalue weighted by molar-refractivity contribution is 7.90. The summed E-state index contributed by atoms with van der Waals surface area (Å²) in [4.78, 5) is 18.6. The molecule has 134 valence electrons. The molecule has 2 aromatic heterocycles. The van der Waals surface area contributed by atoms with E-state index in [2.05, 4.69) is 14.7 Å². The first-order chi connectivity index (χ1) is 12.5. The minimum Gasteiger partial charge on any atom is -0.352 e. The molecule has 4 heterocycles. The van der Waals surface area contributed by atoms with Crippen molar-refractivity contribution in [3.05, 3.63) is 60.2 Å². The van der Waals surface area contributed by atoms with Crippen LogP contribution >= 0.6 is 0 Å². The highest BCUT2D eigenvalue weighted by atomic mass is 32.2. The largest absolute Gasteiger partial charge is 0.352 e. The average Bonchev–Trinajstić information content (AvgIpc) is 3.03. The zero-order valence-electron chi connectivity index (χ0n) is 13.9. The first-order valence-electron chi connectivity index (χ1n) is 8.21. The number of allylic oxidation sites excluding steroid dienone is 2. The lowest BCUT2D eigenvalue weighted by Gasteiger charge is -2.28. The van der Waals surface area contributed by atoms with Crippen molar-refractivity contribution in [1.82, 2.24) is 19.6 Å². The number of carbonyl (C=O) groups excluding carboxylic acids is 1. The molecule has 8 nitrogen and oxygen atoms in total. The van der Waals surface area contributed by atoms with E-state index >= 15 is 0 Å². The van der Waals surface area contributed by atoms with Gasteiger partial charge in [0.1, 0.15) is 5.65 Å². The van der Waals surface area contributed by atoms with Gasteiger partial charge in [0.15, 0.2) is 5.84 Å². The van der Waals surface area contributed by atoms with Crippen molar-refractivity contribution in [2.75, 3.05) is 18.8 Å². The molecule has 0 fully saturated rings. The van der Waals surface area contributed by atoms with Gasteiger partial charge in [0.25, 0.3) is 15.9 Å². The Balaban J connectivity index is 1.43. The Kier molecular flexibility index (Phi) is 4.08. The number of imidazole rings is 1. The Bertz CT molecular complexity index is 1030. The molecule has 0 saturated carbocycles. The zero-order valence-corrected chi connectivity index (χ0v) is 14.7. The number of aromatic nitrogens is 2. The highest BCUT2D eigenvalue weighted by Gasteiger charge is 2.29. The molecule has 0 spiro atoms. The van der Waals surface area contributed by atoms with Gasteiger partial charge in [-0.3, -0.25) is 4.79 Å². The molecule has 26 heavy (non-hydrogen) atoms. The summed E-state index contributed by atoms with van der Waals surface area (Å²) in [6.07, 6.45) is 9.43. The van der Waals surface area contributed by atoms with Gasteiger partial charge in [-0.05, 0) is 24.3 Å². The van der Waals surface area contributed by atoms with E-state index in [0.29, 0.717) is 19.5 Å². The van der Waals surface area contributed by atoms with E-state index in [9.17, 15) is 13.2 Å². The summed E-state index contributed by atoms with van der Waals surface area (Å²) in [5, 5.41) is 2.81. The zero-order chi connectivity index (χ0) is 18.1. The lowest BCUT2D eigenvalue weighted by Crippen LogP contribution is -2.42. The number of nitrogens with one attached hydrogen (secondary N) is 1. The Morgan fingerprint density at radius 3 is 3.04 bits per heavy atom. The number of hydrogen-bond donors (Lipinski definition) is 1. The first-order valence-corrected chi connectivity index (χ1v) is 9.82. The average molecular weight is 371 g/mol. The second-order valence-corrected chi connectivity index (χ2v) is 7.78. The van der Waals surface area contributed by atoms with Crippen LogP contribution in [-0.4, -0.2) is 53.3 Å². The molecule has 1 N–H and O–H groups in total. The van der Waals surface area contributed by atoms with Crippen molar-refractivity contribution in [2.24, 2.45) is 4.40 Å². The number of fused-ring (bicyclic) bond motifs is 2. The fourth-order valence-electron chi connectivity index (χ4n) is 2.90. The molecule has 0 unspecified atom stereocenters. The lowest BCUT2D eigenvalue weighted by atomic mass is 10.1. The Labute approximate surface area is 150 Å². The molecule has 2 aliphatic rings. The minimum absolute atomic E-state index is 0.0520. The number of amidine groups is 1. The monoisotopic (exact) mass is 371 g/mol. The van der Waals surface area contributed by atoms with E-state index < -0.39 is 10.0 Å². The molecular formula is C17H17N5O3S. The van der Waals surface area contributed by atoms with Gasteiger partial charge in [-0.25, -0.2) is 13.4 Å². The third kappa shape index (κ3) is 3.25. The van der Waals surface area contributed by atoms with Crippen LogP contribution in [0.1, 0.15) is 5.69 Å². The third-order valence-corrected chi connectivity index (χ3v) is 5.33. The molecular weight excluding hydrogens is 354 g/mol. The molecule has 1 amide bonds. The predicted molar refractivity (Wildman–Crippen MR) is 97.1 cm³/mol. The fourth-order valence-corrected chi connectivity index (χ4v) is 3.89. The van der Waals surface area contributed by atoms with Gasteiger partial charge in [0.2, 0.25) is 0 Å². The Morgan fingerprint density at radius 2 is 2.19 bits per heavy atom. The number of hydrogen-bond acceptors (Lipinski definition) is 5. The van der Waals surface area contributed by atoms with Gasteiger partial charge < -0.3 is 14.6 Å². The predicted octanol–water partition coefficient (Wildman–Crippen LogP) is 0.491. The van der Waals surface area contributed by atoms with Gasteiger partial charge in [0, 0.05) is 38.1 Å². The van der Waals surface area contributed by atoms with Gasteiger partial charge in [-0.2, -0.15) is 0 Å².